The number of aryl methyl sites for hydroxylation is 2. The predicted molar refractivity (Wildman–Crippen MR) is 80.0 cm³/mol. The van der Waals surface area contributed by atoms with Crippen LogP contribution in [0.3, 0.4) is 0 Å². The van der Waals surface area contributed by atoms with Crippen LogP contribution in [0.1, 0.15) is 5.69 Å². The Morgan fingerprint density at radius 1 is 1.33 bits per heavy atom. The zero-order chi connectivity index (χ0) is 14.7. The fourth-order valence-corrected chi connectivity index (χ4v) is 2.73. The Morgan fingerprint density at radius 3 is 2.95 bits per heavy atom. The molecule has 21 heavy (non-hydrogen) atoms. The molecule has 0 bridgehead atoms. The average Bonchev–Trinajstić information content (AvgIpc) is 3.16. The molecule has 0 spiro atoms. The van der Waals surface area contributed by atoms with Crippen LogP contribution >= 0.6 is 11.3 Å². The summed E-state index contributed by atoms with van der Waals surface area (Å²) in [5, 5.41) is 2.02. The van der Waals surface area contributed by atoms with E-state index in [1.807, 2.05) is 21.7 Å². The number of aromatic nitrogens is 3. The van der Waals surface area contributed by atoms with Crippen molar-refractivity contribution in [1.29, 1.82) is 0 Å². The smallest absolute Gasteiger partial charge is 0.142 e. The van der Waals surface area contributed by atoms with Gasteiger partial charge in [-0.25, -0.2) is 14.4 Å². The lowest BCUT2D eigenvalue weighted by atomic mass is 10.2. The molecule has 3 aromatic rings. The highest BCUT2D eigenvalue weighted by Crippen LogP contribution is 2.25. The highest BCUT2D eigenvalue weighted by Gasteiger charge is 2.12. The Morgan fingerprint density at radius 2 is 2.24 bits per heavy atom. The quantitative estimate of drug-likeness (QED) is 0.725. The van der Waals surface area contributed by atoms with Gasteiger partial charge in [-0.2, -0.15) is 0 Å². The fourth-order valence-electron chi connectivity index (χ4n) is 2.13. The molecule has 0 unspecified atom stereocenters. The van der Waals surface area contributed by atoms with Crippen LogP contribution in [0.4, 0.5) is 4.39 Å². The first-order valence-corrected chi connectivity index (χ1v) is 7.44. The molecule has 4 nitrogen and oxygen atoms in total. The Hall–Kier alpha value is -2.21. The molecule has 2 aromatic heterocycles. The van der Waals surface area contributed by atoms with E-state index in [1.54, 1.807) is 29.7 Å². The second-order valence-electron chi connectivity index (χ2n) is 4.52. The zero-order valence-electron chi connectivity index (χ0n) is 11.5. The van der Waals surface area contributed by atoms with Gasteiger partial charge in [-0.1, -0.05) is 0 Å². The van der Waals surface area contributed by atoms with E-state index in [0.717, 1.165) is 12.1 Å². The van der Waals surface area contributed by atoms with Crippen molar-refractivity contribution in [2.45, 2.75) is 13.0 Å². The average molecular weight is 303 g/mol. The van der Waals surface area contributed by atoms with E-state index >= 15 is 0 Å². The van der Waals surface area contributed by atoms with Gasteiger partial charge in [-0.15, -0.1) is 11.3 Å². The molecule has 0 radical (unpaired) electrons. The molecule has 6 heteroatoms. The van der Waals surface area contributed by atoms with Crippen molar-refractivity contribution in [3.05, 3.63) is 53.0 Å². The summed E-state index contributed by atoms with van der Waals surface area (Å²) in [7, 11) is 1.52. The summed E-state index contributed by atoms with van der Waals surface area (Å²) in [5.74, 6) is 0.776. The maximum absolute atomic E-state index is 14.2. The summed E-state index contributed by atoms with van der Waals surface area (Å²) in [6.07, 6.45) is 4.33. The number of ether oxygens (including phenoxy) is 1. The van der Waals surface area contributed by atoms with Crippen molar-refractivity contribution in [1.82, 2.24) is 14.5 Å². The van der Waals surface area contributed by atoms with Crippen molar-refractivity contribution in [2.75, 3.05) is 7.11 Å². The van der Waals surface area contributed by atoms with Crippen LogP contribution in [-0.4, -0.2) is 21.6 Å². The van der Waals surface area contributed by atoms with E-state index < -0.39 is 0 Å². The second kappa shape index (κ2) is 6.05. The molecule has 0 amide bonds. The third-order valence-electron chi connectivity index (χ3n) is 3.22. The number of thiazole rings is 1. The number of halogens is 1. The number of hydrogen-bond acceptors (Lipinski definition) is 4. The monoisotopic (exact) mass is 303 g/mol. The van der Waals surface area contributed by atoms with Crippen molar-refractivity contribution in [2.24, 2.45) is 0 Å². The van der Waals surface area contributed by atoms with E-state index in [1.165, 1.54) is 13.2 Å². The summed E-state index contributed by atoms with van der Waals surface area (Å²) >= 11 is 1.57. The van der Waals surface area contributed by atoms with Crippen LogP contribution in [0, 0.1) is 5.82 Å². The van der Waals surface area contributed by atoms with E-state index in [2.05, 4.69) is 9.97 Å². The molecule has 0 fully saturated rings. The zero-order valence-corrected chi connectivity index (χ0v) is 12.3. The van der Waals surface area contributed by atoms with Gasteiger partial charge in [-0.3, -0.25) is 0 Å². The highest BCUT2D eigenvalue weighted by molar-refractivity contribution is 7.07. The molecule has 0 aliphatic heterocycles. The van der Waals surface area contributed by atoms with Crippen LogP contribution in [-0.2, 0) is 13.0 Å². The van der Waals surface area contributed by atoms with Gasteiger partial charge < -0.3 is 9.30 Å². The second-order valence-corrected chi connectivity index (χ2v) is 5.24. The Kier molecular flexibility index (Phi) is 3.96. The van der Waals surface area contributed by atoms with Crippen molar-refractivity contribution in [3.8, 4) is 17.1 Å². The van der Waals surface area contributed by atoms with Crippen LogP contribution in [0.5, 0.6) is 5.75 Å². The lowest BCUT2D eigenvalue weighted by molar-refractivity contribution is 0.411. The Balaban J connectivity index is 1.84. The molecule has 0 atom stereocenters. The number of rotatable bonds is 5. The minimum absolute atomic E-state index is 0.338. The lowest BCUT2D eigenvalue weighted by Crippen LogP contribution is -2.03. The van der Waals surface area contributed by atoms with Crippen molar-refractivity contribution < 1.29 is 9.13 Å². The summed E-state index contributed by atoms with van der Waals surface area (Å²) in [6.45, 7) is 0.713. The number of imidazole rings is 1. The van der Waals surface area contributed by atoms with Gasteiger partial charge in [0, 0.05) is 36.8 Å². The lowest BCUT2D eigenvalue weighted by Gasteiger charge is -2.09. The van der Waals surface area contributed by atoms with Gasteiger partial charge in [0.25, 0.3) is 0 Å². The number of benzene rings is 1. The molecular formula is C15H14FN3OS. The molecule has 0 aliphatic rings. The first kappa shape index (κ1) is 13.8. The minimum atomic E-state index is -0.338. The van der Waals surface area contributed by atoms with Gasteiger partial charge in [0.05, 0.1) is 23.9 Å². The molecule has 108 valence electrons. The SMILES string of the molecule is COc1ccc(-c2nccn2CCc2cscn2)c(F)c1. The first-order valence-electron chi connectivity index (χ1n) is 6.50. The van der Waals surface area contributed by atoms with E-state index in [-0.39, 0.29) is 5.82 Å². The molecular weight excluding hydrogens is 289 g/mol. The molecule has 0 saturated carbocycles. The highest BCUT2D eigenvalue weighted by atomic mass is 32.1. The van der Waals surface area contributed by atoms with Crippen LogP contribution in [0.2, 0.25) is 0 Å². The topological polar surface area (TPSA) is 39.9 Å². The maximum atomic E-state index is 14.2. The predicted octanol–water partition coefficient (Wildman–Crippen LogP) is 3.40. The van der Waals surface area contributed by atoms with Crippen LogP contribution in [0.15, 0.2) is 41.5 Å². The van der Waals surface area contributed by atoms with E-state index in [4.69, 9.17) is 4.74 Å². The Bertz CT molecular complexity index is 724. The largest absolute Gasteiger partial charge is 0.497 e. The molecule has 2 heterocycles. The molecule has 1 aromatic carbocycles. The fraction of sp³-hybridized carbons (Fsp3) is 0.200. The van der Waals surface area contributed by atoms with Crippen LogP contribution < -0.4 is 4.74 Å². The standard InChI is InChI=1S/C15H14FN3OS/c1-20-12-2-3-13(14(16)8-12)15-17-5-7-19(15)6-4-11-9-21-10-18-11/h2-3,5,7-10H,4,6H2,1H3. The summed E-state index contributed by atoms with van der Waals surface area (Å²) in [6, 6.07) is 4.79. The van der Waals surface area contributed by atoms with Gasteiger partial charge in [-0.05, 0) is 12.1 Å². The molecule has 3 rings (SSSR count). The number of hydrogen-bond donors (Lipinski definition) is 0. The summed E-state index contributed by atoms with van der Waals surface area (Å²) < 4.78 is 21.1. The third-order valence-corrected chi connectivity index (χ3v) is 3.86. The van der Waals surface area contributed by atoms with E-state index in [0.29, 0.717) is 23.7 Å². The Labute approximate surface area is 125 Å². The number of methoxy groups -OCH3 is 1. The number of nitrogens with zero attached hydrogens (tertiary/aromatic N) is 3. The third kappa shape index (κ3) is 2.95. The maximum Gasteiger partial charge on any atom is 0.142 e. The molecule has 0 saturated heterocycles. The van der Waals surface area contributed by atoms with Gasteiger partial charge in [0.15, 0.2) is 0 Å². The summed E-state index contributed by atoms with van der Waals surface area (Å²) in [4.78, 5) is 8.52. The van der Waals surface area contributed by atoms with Gasteiger partial charge >= 0.3 is 0 Å². The van der Waals surface area contributed by atoms with Gasteiger partial charge in [0.2, 0.25) is 0 Å². The van der Waals surface area contributed by atoms with E-state index in [9.17, 15) is 4.39 Å². The van der Waals surface area contributed by atoms with Crippen LogP contribution in [0.25, 0.3) is 11.4 Å². The normalized spacial score (nSPS) is 10.8. The van der Waals surface area contributed by atoms with Gasteiger partial charge in [0.1, 0.15) is 17.4 Å². The van der Waals surface area contributed by atoms with Crippen molar-refractivity contribution in [3.63, 3.8) is 0 Å². The minimum Gasteiger partial charge on any atom is -0.497 e. The van der Waals surface area contributed by atoms with Crippen molar-refractivity contribution >= 4 is 11.3 Å². The molecule has 0 aliphatic carbocycles. The molecule has 0 N–H and O–H groups in total. The summed E-state index contributed by atoms with van der Waals surface area (Å²) in [5.41, 5.74) is 3.32. The first-order chi connectivity index (χ1) is 10.3.